The molecule has 0 amide bonds. The largest absolute Gasteiger partial charge is 0.370 e. The number of nitriles is 1. The number of aryl methyl sites for hydroxylation is 1. The Morgan fingerprint density at radius 2 is 1.76 bits per heavy atom. The van der Waals surface area contributed by atoms with Gasteiger partial charge in [0.15, 0.2) is 0 Å². The normalized spacial score (nSPS) is 18.1. The number of hydrogen-bond donors (Lipinski definition) is 0. The van der Waals surface area contributed by atoms with E-state index in [1.807, 2.05) is 19.2 Å². The predicted octanol–water partition coefficient (Wildman–Crippen LogP) is 4.85. The van der Waals surface area contributed by atoms with Gasteiger partial charge in [0.1, 0.15) is 23.1 Å². The first-order valence-electron chi connectivity index (χ1n) is 11.9. The van der Waals surface area contributed by atoms with Gasteiger partial charge in [0.2, 0.25) is 0 Å². The molecule has 1 aromatic carbocycles. The summed E-state index contributed by atoms with van der Waals surface area (Å²) in [6, 6.07) is 14.7. The first kappa shape index (κ1) is 23.7. The van der Waals surface area contributed by atoms with Crippen LogP contribution < -0.4 is 15.4 Å². The molecule has 1 aliphatic carbocycles. The number of halogens is 1. The van der Waals surface area contributed by atoms with E-state index in [1.54, 1.807) is 29.8 Å². The average Bonchev–Trinajstić information content (AvgIpc) is 2.84. The number of rotatable bonds is 6. The first-order chi connectivity index (χ1) is 16.3. The third-order valence-electron chi connectivity index (χ3n) is 6.94. The zero-order chi connectivity index (χ0) is 24.4. The summed E-state index contributed by atoms with van der Waals surface area (Å²) in [7, 11) is 3.75. The summed E-state index contributed by atoms with van der Waals surface area (Å²) in [5.74, 6) is 0.283. The molecule has 0 unspecified atom stereocenters. The van der Waals surface area contributed by atoms with Gasteiger partial charge in [-0.1, -0.05) is 13.8 Å². The number of fused-ring (bicyclic) bond motifs is 1. The topological polar surface area (TPSA) is 65.2 Å². The highest BCUT2D eigenvalue weighted by molar-refractivity contribution is 5.88. The van der Waals surface area contributed by atoms with E-state index in [0.29, 0.717) is 23.2 Å². The van der Waals surface area contributed by atoms with Gasteiger partial charge in [-0.15, -0.1) is 0 Å². The van der Waals surface area contributed by atoms with Gasteiger partial charge < -0.3 is 14.4 Å². The van der Waals surface area contributed by atoms with Gasteiger partial charge in [-0.05, 0) is 68.0 Å². The van der Waals surface area contributed by atoms with Gasteiger partial charge in [0.05, 0.1) is 11.2 Å². The Kier molecular flexibility index (Phi) is 6.87. The maximum absolute atomic E-state index is 13.5. The maximum atomic E-state index is 13.5. The minimum absolute atomic E-state index is 0.0889. The van der Waals surface area contributed by atoms with Crippen LogP contribution in [-0.4, -0.2) is 35.2 Å². The molecule has 7 heteroatoms. The van der Waals surface area contributed by atoms with E-state index in [0.717, 1.165) is 49.1 Å². The summed E-state index contributed by atoms with van der Waals surface area (Å²) in [5.41, 5.74) is 3.50. The molecule has 3 aromatic rings. The molecule has 0 atom stereocenters. The molecule has 1 fully saturated rings. The number of nitrogens with zero attached hydrogens (tertiary/aromatic N) is 5. The van der Waals surface area contributed by atoms with Crippen molar-refractivity contribution < 1.29 is 4.39 Å². The molecule has 0 saturated heterocycles. The fourth-order valence-corrected chi connectivity index (χ4v) is 5.09. The molecule has 1 aliphatic rings. The van der Waals surface area contributed by atoms with Crippen molar-refractivity contribution in [1.82, 2.24) is 9.55 Å². The fourth-order valence-electron chi connectivity index (χ4n) is 5.09. The summed E-state index contributed by atoms with van der Waals surface area (Å²) in [5, 5.41) is 9.33. The Morgan fingerprint density at radius 3 is 2.38 bits per heavy atom. The Hall–Kier alpha value is -3.40. The number of hydrogen-bond acceptors (Lipinski definition) is 5. The summed E-state index contributed by atoms with van der Waals surface area (Å²) >= 11 is 0. The van der Waals surface area contributed by atoms with E-state index in [9.17, 15) is 14.4 Å². The van der Waals surface area contributed by atoms with E-state index < -0.39 is 0 Å². The van der Waals surface area contributed by atoms with Crippen LogP contribution in [-0.2, 0) is 7.05 Å². The van der Waals surface area contributed by atoms with Gasteiger partial charge in [-0.3, -0.25) is 4.79 Å². The van der Waals surface area contributed by atoms with Crippen LogP contribution in [0.5, 0.6) is 0 Å². The second-order valence-electron chi connectivity index (χ2n) is 9.70. The van der Waals surface area contributed by atoms with Crippen molar-refractivity contribution >= 4 is 22.4 Å². The van der Waals surface area contributed by atoms with Crippen molar-refractivity contribution in [3.63, 3.8) is 0 Å². The number of benzene rings is 1. The second kappa shape index (κ2) is 9.84. The van der Waals surface area contributed by atoms with Gasteiger partial charge in [0, 0.05) is 44.5 Å². The molecule has 0 N–H and O–H groups in total. The molecular weight excluding hydrogens is 429 g/mol. The van der Waals surface area contributed by atoms with Crippen molar-refractivity contribution in [2.75, 3.05) is 23.4 Å². The molecular formula is C27H32FN5O. The van der Waals surface area contributed by atoms with Gasteiger partial charge in [0.25, 0.3) is 5.56 Å². The molecule has 0 radical (unpaired) electrons. The van der Waals surface area contributed by atoms with E-state index in [4.69, 9.17) is 0 Å². The standard InChI is InChI=1S/C27H32FN5O/c1-18(2)17-33(22-8-5-19(28)6-9-22)23-12-10-21(11-13-23)31(3)25-15-26(34)32(4)24-14-7-20(16-29)30-27(24)25/h5-9,14-15,18,21,23H,10-13,17H2,1-4H3. The van der Waals surface area contributed by atoms with E-state index in [2.05, 4.69) is 34.7 Å². The highest BCUT2D eigenvalue weighted by Gasteiger charge is 2.29. The monoisotopic (exact) mass is 461 g/mol. The lowest BCUT2D eigenvalue weighted by Gasteiger charge is -2.42. The Labute approximate surface area is 200 Å². The minimum atomic E-state index is -0.215. The molecule has 6 nitrogen and oxygen atoms in total. The Balaban J connectivity index is 1.56. The molecule has 0 aliphatic heterocycles. The average molecular weight is 462 g/mol. The quantitative estimate of drug-likeness (QED) is 0.525. The number of pyridine rings is 2. The van der Waals surface area contributed by atoms with Crippen LogP contribution in [0.15, 0.2) is 47.3 Å². The van der Waals surface area contributed by atoms with Gasteiger partial charge in [-0.2, -0.15) is 5.26 Å². The SMILES string of the molecule is CC(C)CN(c1ccc(F)cc1)C1CCC(N(C)c2cc(=O)n(C)c3ccc(C#N)nc23)CC1. The Morgan fingerprint density at radius 1 is 1.12 bits per heavy atom. The molecule has 178 valence electrons. The number of anilines is 2. The third-order valence-corrected chi connectivity index (χ3v) is 6.94. The summed E-state index contributed by atoms with van der Waals surface area (Å²) < 4.78 is 15.1. The molecule has 2 heterocycles. The highest BCUT2D eigenvalue weighted by Crippen LogP contribution is 2.33. The molecule has 34 heavy (non-hydrogen) atoms. The van der Waals surface area contributed by atoms with Crippen LogP contribution in [0.4, 0.5) is 15.8 Å². The van der Waals surface area contributed by atoms with Gasteiger partial charge in [-0.25, -0.2) is 9.37 Å². The van der Waals surface area contributed by atoms with Crippen molar-refractivity contribution in [3.05, 3.63) is 64.3 Å². The zero-order valence-corrected chi connectivity index (χ0v) is 20.3. The molecule has 0 spiro atoms. The van der Waals surface area contributed by atoms with Crippen molar-refractivity contribution in [1.29, 1.82) is 5.26 Å². The van der Waals surface area contributed by atoms with Gasteiger partial charge >= 0.3 is 0 Å². The first-order valence-corrected chi connectivity index (χ1v) is 11.9. The summed E-state index contributed by atoms with van der Waals surface area (Å²) in [6.07, 6.45) is 3.98. The van der Waals surface area contributed by atoms with Crippen molar-refractivity contribution in [3.8, 4) is 6.07 Å². The maximum Gasteiger partial charge on any atom is 0.252 e. The van der Waals surface area contributed by atoms with Crippen molar-refractivity contribution in [2.24, 2.45) is 13.0 Å². The lowest BCUT2D eigenvalue weighted by atomic mass is 9.88. The van der Waals surface area contributed by atoms with E-state index in [-0.39, 0.29) is 17.4 Å². The zero-order valence-electron chi connectivity index (χ0n) is 20.3. The lowest BCUT2D eigenvalue weighted by molar-refractivity contribution is 0.360. The van der Waals surface area contributed by atoms with E-state index >= 15 is 0 Å². The lowest BCUT2D eigenvalue weighted by Crippen LogP contribution is -2.44. The molecule has 2 aromatic heterocycles. The summed E-state index contributed by atoms with van der Waals surface area (Å²) in [6.45, 7) is 5.34. The van der Waals surface area contributed by atoms with Crippen LogP contribution >= 0.6 is 0 Å². The van der Waals surface area contributed by atoms with Crippen molar-refractivity contribution in [2.45, 2.75) is 51.6 Å². The van der Waals surface area contributed by atoms with Crippen LogP contribution in [0.1, 0.15) is 45.2 Å². The molecule has 1 saturated carbocycles. The van der Waals surface area contributed by atoms with Crippen LogP contribution in [0, 0.1) is 23.1 Å². The minimum Gasteiger partial charge on any atom is -0.370 e. The smallest absolute Gasteiger partial charge is 0.252 e. The van der Waals surface area contributed by atoms with Crippen LogP contribution in [0.25, 0.3) is 11.0 Å². The highest BCUT2D eigenvalue weighted by atomic mass is 19.1. The summed E-state index contributed by atoms with van der Waals surface area (Å²) in [4.78, 5) is 21.8. The van der Waals surface area contributed by atoms with Crippen LogP contribution in [0.2, 0.25) is 0 Å². The molecule has 4 rings (SSSR count). The van der Waals surface area contributed by atoms with E-state index in [1.165, 1.54) is 12.1 Å². The third kappa shape index (κ3) is 4.77. The Bertz CT molecular complexity index is 1250. The number of aromatic nitrogens is 2. The molecule has 0 bridgehead atoms. The second-order valence-corrected chi connectivity index (χ2v) is 9.70. The predicted molar refractivity (Wildman–Crippen MR) is 135 cm³/mol. The van der Waals surface area contributed by atoms with Crippen LogP contribution in [0.3, 0.4) is 0 Å². The fraction of sp³-hybridized carbons (Fsp3) is 0.444.